The molecule has 2 N–H and O–H groups in total. The molecular formula is C21H34ClIN4O2. The molecule has 1 amide bonds. The summed E-state index contributed by atoms with van der Waals surface area (Å²) in [5, 5.41) is 7.47. The van der Waals surface area contributed by atoms with E-state index in [2.05, 4.69) is 35.5 Å². The molecule has 1 saturated heterocycles. The number of hydrogen-bond donors (Lipinski definition) is 2. The van der Waals surface area contributed by atoms with Crippen molar-refractivity contribution < 1.29 is 9.53 Å². The van der Waals surface area contributed by atoms with Gasteiger partial charge in [0.05, 0.1) is 6.10 Å². The summed E-state index contributed by atoms with van der Waals surface area (Å²) in [6.45, 7) is 6.73. The van der Waals surface area contributed by atoms with E-state index in [4.69, 9.17) is 16.3 Å². The van der Waals surface area contributed by atoms with Gasteiger partial charge in [-0.2, -0.15) is 0 Å². The maximum absolute atomic E-state index is 11.9. The van der Waals surface area contributed by atoms with Gasteiger partial charge in [0.1, 0.15) is 6.54 Å². The van der Waals surface area contributed by atoms with E-state index < -0.39 is 0 Å². The highest BCUT2D eigenvalue weighted by Gasteiger charge is 2.20. The third-order valence-electron chi connectivity index (χ3n) is 4.70. The molecule has 0 aliphatic carbocycles. The maximum Gasteiger partial charge on any atom is 0.243 e. The summed E-state index contributed by atoms with van der Waals surface area (Å²) in [4.78, 5) is 17.9. The fourth-order valence-electron chi connectivity index (χ4n) is 3.06. The van der Waals surface area contributed by atoms with Gasteiger partial charge in [0.2, 0.25) is 5.91 Å². The average Bonchev–Trinajstić information content (AvgIpc) is 3.13. The number of halogens is 2. The Bertz CT molecular complexity index is 676. The van der Waals surface area contributed by atoms with Gasteiger partial charge in [-0.15, -0.1) is 24.0 Å². The highest BCUT2D eigenvalue weighted by Crippen LogP contribution is 2.22. The van der Waals surface area contributed by atoms with Gasteiger partial charge >= 0.3 is 0 Å². The van der Waals surface area contributed by atoms with Crippen LogP contribution in [0.3, 0.4) is 0 Å². The highest BCUT2D eigenvalue weighted by atomic mass is 127. The Balaban J connectivity index is 0.00000420. The fourth-order valence-corrected chi connectivity index (χ4v) is 3.28. The summed E-state index contributed by atoms with van der Waals surface area (Å²) in [6, 6.07) is 7.96. The van der Waals surface area contributed by atoms with Gasteiger partial charge in [0.25, 0.3) is 0 Å². The van der Waals surface area contributed by atoms with Crippen LogP contribution in [0.2, 0.25) is 5.02 Å². The molecule has 1 heterocycles. The summed E-state index contributed by atoms with van der Waals surface area (Å²) < 4.78 is 5.67. The molecule has 1 aliphatic rings. The lowest BCUT2D eigenvalue weighted by atomic mass is 9.86. The van der Waals surface area contributed by atoms with Gasteiger partial charge in [-0.05, 0) is 42.4 Å². The number of carbonyl (C=O) groups excluding carboxylic acids is 1. The zero-order chi connectivity index (χ0) is 20.6. The standard InChI is InChI=1S/C21H33ClN4O2.HI/c1-21(2,12-16-7-5-8-17(22)11-16)15-25-20(24-14-19(27)26(3)4)23-13-18-9-6-10-28-18;/h5,7-8,11,18H,6,9-10,12-15H2,1-4H3,(H2,23,24,25);1H. The molecule has 0 saturated carbocycles. The van der Waals surface area contributed by atoms with Crippen LogP contribution in [0.1, 0.15) is 32.3 Å². The first-order valence-electron chi connectivity index (χ1n) is 9.83. The number of nitrogens with zero attached hydrogens (tertiary/aromatic N) is 2. The second-order valence-electron chi connectivity index (χ2n) is 8.29. The molecule has 6 nitrogen and oxygen atoms in total. The molecule has 0 bridgehead atoms. The van der Waals surface area contributed by atoms with Crippen molar-refractivity contribution in [3.8, 4) is 0 Å². The number of ether oxygens (including phenoxy) is 1. The number of aliphatic imine (C=N–C) groups is 1. The van der Waals surface area contributed by atoms with Gasteiger partial charge in [0.15, 0.2) is 5.96 Å². The van der Waals surface area contributed by atoms with Crippen LogP contribution in [-0.2, 0) is 16.0 Å². The van der Waals surface area contributed by atoms with Gasteiger partial charge < -0.3 is 20.3 Å². The molecule has 0 aromatic heterocycles. The summed E-state index contributed by atoms with van der Waals surface area (Å²) >= 11 is 6.11. The molecule has 1 unspecified atom stereocenters. The lowest BCUT2D eigenvalue weighted by Crippen LogP contribution is -2.45. The van der Waals surface area contributed by atoms with Gasteiger partial charge in [-0.25, -0.2) is 4.99 Å². The molecule has 1 atom stereocenters. The minimum absolute atomic E-state index is 0. The van der Waals surface area contributed by atoms with E-state index in [1.165, 1.54) is 5.56 Å². The predicted octanol–water partition coefficient (Wildman–Crippen LogP) is 3.33. The SMILES string of the molecule is CN(C)C(=O)CN=C(NCC1CCCO1)NCC(C)(C)Cc1cccc(Cl)c1.I. The summed E-state index contributed by atoms with van der Waals surface area (Å²) in [5.41, 5.74) is 1.19. The maximum atomic E-state index is 11.9. The van der Waals surface area contributed by atoms with E-state index in [0.717, 1.165) is 30.9 Å². The summed E-state index contributed by atoms with van der Waals surface area (Å²) in [7, 11) is 3.47. The van der Waals surface area contributed by atoms with Crippen LogP contribution in [-0.4, -0.2) is 63.2 Å². The molecule has 8 heteroatoms. The molecule has 29 heavy (non-hydrogen) atoms. The van der Waals surface area contributed by atoms with E-state index in [-0.39, 0.29) is 47.9 Å². The van der Waals surface area contributed by atoms with Crippen LogP contribution >= 0.6 is 35.6 Å². The lowest BCUT2D eigenvalue weighted by molar-refractivity contribution is -0.127. The molecule has 0 radical (unpaired) electrons. The first-order valence-corrected chi connectivity index (χ1v) is 10.2. The van der Waals surface area contributed by atoms with E-state index in [1.54, 1.807) is 19.0 Å². The molecule has 2 rings (SSSR count). The largest absolute Gasteiger partial charge is 0.376 e. The van der Waals surface area contributed by atoms with Crippen LogP contribution in [0.5, 0.6) is 0 Å². The molecule has 164 valence electrons. The summed E-state index contributed by atoms with van der Waals surface area (Å²) in [5.74, 6) is 0.612. The minimum Gasteiger partial charge on any atom is -0.376 e. The second kappa shape index (κ2) is 12.6. The predicted molar refractivity (Wildman–Crippen MR) is 130 cm³/mol. The van der Waals surface area contributed by atoms with E-state index >= 15 is 0 Å². The quantitative estimate of drug-likeness (QED) is 0.304. The van der Waals surface area contributed by atoms with Crippen LogP contribution in [0.4, 0.5) is 0 Å². The van der Waals surface area contributed by atoms with Crippen LogP contribution in [0.15, 0.2) is 29.3 Å². The Morgan fingerprint density at radius 1 is 1.34 bits per heavy atom. The summed E-state index contributed by atoms with van der Waals surface area (Å²) in [6.07, 6.45) is 3.24. The Kier molecular flexibility index (Phi) is 11.3. The zero-order valence-corrected chi connectivity index (χ0v) is 20.9. The number of carbonyl (C=O) groups is 1. The number of likely N-dealkylation sites (N-methyl/N-ethyl adjacent to an activating group) is 1. The Morgan fingerprint density at radius 2 is 2.10 bits per heavy atom. The van der Waals surface area contributed by atoms with Crippen LogP contribution in [0.25, 0.3) is 0 Å². The molecule has 1 aromatic rings. The Labute approximate surface area is 196 Å². The van der Waals surface area contributed by atoms with Gasteiger partial charge in [-0.3, -0.25) is 4.79 Å². The topological polar surface area (TPSA) is 66.0 Å². The normalized spacial score (nSPS) is 16.9. The number of benzene rings is 1. The number of hydrogen-bond acceptors (Lipinski definition) is 3. The van der Waals surface area contributed by atoms with Crippen molar-refractivity contribution in [3.63, 3.8) is 0 Å². The monoisotopic (exact) mass is 536 g/mol. The van der Waals surface area contributed by atoms with Crippen LogP contribution < -0.4 is 10.6 Å². The third kappa shape index (κ3) is 10.00. The molecule has 1 aliphatic heterocycles. The van der Waals surface area contributed by atoms with Crippen molar-refractivity contribution in [2.45, 2.75) is 39.2 Å². The Hall–Kier alpha value is -1.06. The van der Waals surface area contributed by atoms with Crippen molar-refractivity contribution in [1.29, 1.82) is 0 Å². The molecular weight excluding hydrogens is 503 g/mol. The first kappa shape index (κ1) is 26.0. The smallest absolute Gasteiger partial charge is 0.243 e. The fraction of sp³-hybridized carbons (Fsp3) is 0.619. The zero-order valence-electron chi connectivity index (χ0n) is 17.8. The van der Waals surface area contributed by atoms with Gasteiger partial charge in [-0.1, -0.05) is 37.6 Å². The number of nitrogens with one attached hydrogen (secondary N) is 2. The van der Waals surface area contributed by atoms with Crippen LogP contribution in [0, 0.1) is 5.41 Å². The number of rotatable bonds is 8. The molecule has 1 fully saturated rings. The number of guanidine groups is 1. The lowest BCUT2D eigenvalue weighted by Gasteiger charge is -2.27. The van der Waals surface area contributed by atoms with Crippen molar-refractivity contribution in [3.05, 3.63) is 34.9 Å². The minimum atomic E-state index is -0.0311. The third-order valence-corrected chi connectivity index (χ3v) is 4.93. The van der Waals surface area contributed by atoms with Crippen molar-refractivity contribution in [2.24, 2.45) is 10.4 Å². The molecule has 0 spiro atoms. The van der Waals surface area contributed by atoms with Crippen molar-refractivity contribution in [1.82, 2.24) is 15.5 Å². The van der Waals surface area contributed by atoms with E-state index in [1.807, 2.05) is 18.2 Å². The van der Waals surface area contributed by atoms with E-state index in [9.17, 15) is 4.79 Å². The highest BCUT2D eigenvalue weighted by molar-refractivity contribution is 14.0. The number of amides is 1. The average molecular weight is 537 g/mol. The van der Waals surface area contributed by atoms with Crippen molar-refractivity contribution in [2.75, 3.05) is 40.3 Å². The molecule has 1 aromatic carbocycles. The first-order chi connectivity index (χ1) is 13.2. The van der Waals surface area contributed by atoms with E-state index in [0.29, 0.717) is 19.0 Å². The van der Waals surface area contributed by atoms with Crippen molar-refractivity contribution >= 4 is 47.4 Å². The Morgan fingerprint density at radius 3 is 2.72 bits per heavy atom. The van der Waals surface area contributed by atoms with Gasteiger partial charge in [0, 0.05) is 38.8 Å². The second-order valence-corrected chi connectivity index (χ2v) is 8.73.